The zero-order valence-corrected chi connectivity index (χ0v) is 82.4. The minimum Gasteiger partial charge on any atom is -0.0654 e. The van der Waals surface area contributed by atoms with E-state index in [2.05, 4.69) is 294 Å². The summed E-state index contributed by atoms with van der Waals surface area (Å²) in [6, 6.07) is 28.9. The van der Waals surface area contributed by atoms with Crippen molar-refractivity contribution in [2.24, 2.45) is 35.5 Å². The van der Waals surface area contributed by atoms with E-state index in [1.165, 1.54) is 332 Å². The molecular weight excluding hydrogens is 1370 g/mol. The highest BCUT2D eigenvalue weighted by molar-refractivity contribution is 5.42. The molecule has 0 spiro atoms. The van der Waals surface area contributed by atoms with Crippen molar-refractivity contribution in [1.29, 1.82) is 0 Å². The number of hydrogen-bond acceptors (Lipinski definition) is 0. The second-order valence-electron chi connectivity index (χ2n) is 38.4. The molecule has 0 fully saturated rings. The van der Waals surface area contributed by atoms with E-state index in [-0.39, 0.29) is 0 Å². The summed E-state index contributed by atoms with van der Waals surface area (Å²) in [5, 5.41) is 0. The SMILES string of the molecule is CCCCC(CC)Cc1cc(C)c(CC(CC)CCCC)cc1C.CCCCCCCCc1cc(C)c(CCCCCCCC)cc1C.CCCCc1cc(C)c(C(C)C)cc1C.CCc1cc(C)c(C)cc1C.Cc1cc(C)c(C(C)C)cc1C.Cc1cc(CCC(C)CCCC(C)C)c(C)cc1CCC(C)CCCC(C)C. The van der Waals surface area contributed by atoms with E-state index in [9.17, 15) is 0 Å². The van der Waals surface area contributed by atoms with Crippen molar-refractivity contribution in [1.82, 2.24) is 0 Å². The number of rotatable bonds is 46. The molecule has 0 aromatic heterocycles. The summed E-state index contributed by atoms with van der Waals surface area (Å²) in [5.41, 5.74) is 36.1. The Bertz CT molecular complexity index is 3320. The molecule has 0 aliphatic rings. The van der Waals surface area contributed by atoms with Gasteiger partial charge >= 0.3 is 0 Å². The molecule has 0 aliphatic heterocycles. The highest BCUT2D eigenvalue weighted by atomic mass is 14.2. The fourth-order valence-electron chi connectivity index (χ4n) is 17.0. The molecule has 4 atom stereocenters. The lowest BCUT2D eigenvalue weighted by Crippen LogP contribution is -2.08. The van der Waals surface area contributed by atoms with E-state index < -0.39 is 0 Å². The third-order valence-electron chi connectivity index (χ3n) is 25.8. The minimum absolute atomic E-state index is 0.643. The summed E-state index contributed by atoms with van der Waals surface area (Å²) in [6.45, 7) is 73.2. The molecule has 6 rings (SSSR count). The van der Waals surface area contributed by atoms with Crippen LogP contribution in [0.4, 0.5) is 0 Å². The average Bonchev–Trinajstić information content (AvgIpc) is 0.849. The van der Waals surface area contributed by atoms with Crippen molar-refractivity contribution >= 4 is 0 Å². The first-order valence-electron chi connectivity index (χ1n) is 48.7. The Morgan fingerprint density at radius 3 is 0.816 bits per heavy atom. The molecule has 4 unspecified atom stereocenters. The molecule has 0 bridgehead atoms. The van der Waals surface area contributed by atoms with Gasteiger partial charge in [-0.25, -0.2) is 0 Å². The maximum atomic E-state index is 2.51. The molecule has 0 heterocycles. The predicted molar refractivity (Wildman–Crippen MR) is 522 cm³/mol. The number of benzene rings is 6. The highest BCUT2D eigenvalue weighted by Gasteiger charge is 2.17. The van der Waals surface area contributed by atoms with Crippen LogP contribution in [-0.2, 0) is 51.4 Å². The van der Waals surface area contributed by atoms with Gasteiger partial charge in [0.25, 0.3) is 0 Å². The van der Waals surface area contributed by atoms with E-state index >= 15 is 0 Å². The minimum atomic E-state index is 0.643. The first-order chi connectivity index (χ1) is 54.1. The van der Waals surface area contributed by atoms with Crippen molar-refractivity contribution in [2.45, 2.75) is 477 Å². The molecule has 0 saturated heterocycles. The molecule has 0 amide bonds. The average molecular weight is 1560 g/mol. The molecule has 0 radical (unpaired) electrons. The summed E-state index contributed by atoms with van der Waals surface area (Å²) < 4.78 is 0. The Morgan fingerprint density at radius 2 is 0.465 bits per heavy atom. The third kappa shape index (κ3) is 45.5. The van der Waals surface area contributed by atoms with E-state index in [0.29, 0.717) is 11.8 Å². The number of unbranched alkanes of at least 4 members (excludes halogenated alkanes) is 13. The lowest BCUT2D eigenvalue weighted by Gasteiger charge is -2.20. The molecule has 0 saturated carbocycles. The van der Waals surface area contributed by atoms with Crippen LogP contribution in [0.1, 0.15) is 463 Å². The Morgan fingerprint density at radius 1 is 0.202 bits per heavy atom. The first-order valence-corrected chi connectivity index (χ1v) is 48.7. The van der Waals surface area contributed by atoms with E-state index in [1.807, 2.05) is 0 Å². The largest absolute Gasteiger partial charge is 0.0654 e. The van der Waals surface area contributed by atoms with Crippen LogP contribution in [0.5, 0.6) is 0 Å². The Kier molecular flexibility index (Phi) is 58.8. The van der Waals surface area contributed by atoms with Crippen LogP contribution < -0.4 is 0 Å². The standard InChI is InChI=1S/C28H50.2C24H42.C15H24.C12H18.C11H16/c1-21(2)11-9-13-23(5)15-17-27-19-26(8)28(20-25(27)7)18-16-24(6)14-10-12-22(3)4;1-7-11-13-21(9-3)17-23-15-20(6)24(16-19(23)5)18-22(10-4)14-12-8-2;1-5-7-9-11-13-15-17-23-19-22(4)24(20-21(23)3)18-16-14-12-10-8-6-2;1-6-7-8-14-9-13(5)15(11(2)3)10-12(14)4;1-8(2)12-7-10(4)9(3)6-11(12)5;1-5-11-7-9(3)8(2)6-10(11)4/h19-24H,9-18H2,1-8H3;15-16,21-22H,7-14,17-18H2,1-6H3;19-20H,5-18H2,1-4H3;9-11H,6-8H2,1-5H3;6-8H,1-5H3;6-7H,5H2,1-4H3. The third-order valence-corrected chi connectivity index (χ3v) is 25.8. The summed E-state index contributed by atoms with van der Waals surface area (Å²) in [6.07, 6.45) is 51.1. The number of aryl methyl sites for hydroxylation is 20. The van der Waals surface area contributed by atoms with Gasteiger partial charge in [-0.3, -0.25) is 0 Å². The van der Waals surface area contributed by atoms with Crippen LogP contribution in [0.2, 0.25) is 0 Å². The van der Waals surface area contributed by atoms with Crippen LogP contribution in [-0.4, -0.2) is 0 Å². The van der Waals surface area contributed by atoms with Crippen LogP contribution in [0, 0.1) is 132 Å². The molecule has 0 aliphatic carbocycles. The van der Waals surface area contributed by atoms with Gasteiger partial charge in [-0.1, -0.05) is 358 Å². The lowest BCUT2D eigenvalue weighted by molar-refractivity contribution is 0.435. The zero-order chi connectivity index (χ0) is 85.8. The van der Waals surface area contributed by atoms with Gasteiger partial charge in [-0.2, -0.15) is 0 Å². The lowest BCUT2D eigenvalue weighted by atomic mass is 9.85. The summed E-state index contributed by atoms with van der Waals surface area (Å²) >= 11 is 0. The Hall–Kier alpha value is -4.68. The van der Waals surface area contributed by atoms with Crippen molar-refractivity contribution in [3.05, 3.63) is 206 Å². The molecule has 6 aromatic carbocycles. The molecule has 648 valence electrons. The van der Waals surface area contributed by atoms with Gasteiger partial charge in [0.05, 0.1) is 0 Å². The van der Waals surface area contributed by atoms with Gasteiger partial charge < -0.3 is 0 Å². The van der Waals surface area contributed by atoms with E-state index in [1.54, 1.807) is 38.9 Å². The van der Waals surface area contributed by atoms with E-state index in [4.69, 9.17) is 0 Å². The van der Waals surface area contributed by atoms with Crippen LogP contribution in [0.25, 0.3) is 0 Å². The monoisotopic (exact) mass is 1560 g/mol. The molecule has 0 heteroatoms. The summed E-state index contributed by atoms with van der Waals surface area (Å²) in [4.78, 5) is 0. The van der Waals surface area contributed by atoms with Crippen molar-refractivity contribution in [2.75, 3.05) is 0 Å². The number of hydrogen-bond donors (Lipinski definition) is 0. The van der Waals surface area contributed by atoms with Gasteiger partial charge in [-0.15, -0.1) is 0 Å². The Labute approximate surface area is 714 Å². The molecule has 0 N–H and O–H groups in total. The maximum absolute atomic E-state index is 2.51. The Balaban J connectivity index is 0.000000704. The maximum Gasteiger partial charge on any atom is -0.0216 e. The van der Waals surface area contributed by atoms with Crippen LogP contribution in [0.3, 0.4) is 0 Å². The highest BCUT2D eigenvalue weighted by Crippen LogP contribution is 2.31. The van der Waals surface area contributed by atoms with Gasteiger partial charge in [0.2, 0.25) is 0 Å². The molecular formula is C114H192. The molecule has 114 heavy (non-hydrogen) atoms. The van der Waals surface area contributed by atoms with Gasteiger partial charge in [0, 0.05) is 0 Å². The summed E-state index contributed by atoms with van der Waals surface area (Å²) in [7, 11) is 0. The zero-order valence-electron chi connectivity index (χ0n) is 82.4. The van der Waals surface area contributed by atoms with E-state index in [0.717, 1.165) is 41.9 Å². The van der Waals surface area contributed by atoms with Crippen molar-refractivity contribution in [3.8, 4) is 0 Å². The van der Waals surface area contributed by atoms with Crippen LogP contribution >= 0.6 is 0 Å². The second-order valence-corrected chi connectivity index (χ2v) is 38.4. The fraction of sp³-hybridized carbons (Fsp3) is 0.684. The fourth-order valence-corrected chi connectivity index (χ4v) is 17.0. The topological polar surface area (TPSA) is 0 Å². The quantitative estimate of drug-likeness (QED) is 0.0334. The molecule has 0 nitrogen and oxygen atoms in total. The summed E-state index contributed by atoms with van der Waals surface area (Å²) in [5.74, 6) is 6.41. The van der Waals surface area contributed by atoms with Gasteiger partial charge in [-0.05, 0) is 361 Å². The van der Waals surface area contributed by atoms with Crippen molar-refractivity contribution in [3.63, 3.8) is 0 Å². The smallest absolute Gasteiger partial charge is 0.0216 e. The normalized spacial score (nSPS) is 12.3. The predicted octanol–water partition coefficient (Wildman–Crippen LogP) is 36.7. The van der Waals surface area contributed by atoms with Crippen molar-refractivity contribution < 1.29 is 0 Å². The van der Waals surface area contributed by atoms with Crippen LogP contribution in [0.15, 0.2) is 72.8 Å². The first kappa shape index (κ1) is 107. The molecule has 6 aromatic rings. The van der Waals surface area contributed by atoms with Gasteiger partial charge in [0.15, 0.2) is 0 Å². The second kappa shape index (κ2) is 62.5. The van der Waals surface area contributed by atoms with Gasteiger partial charge in [0.1, 0.15) is 0 Å².